The van der Waals surface area contributed by atoms with Crippen LogP contribution in [0.4, 0.5) is 5.95 Å². The van der Waals surface area contributed by atoms with Crippen molar-refractivity contribution in [1.82, 2.24) is 9.97 Å². The van der Waals surface area contributed by atoms with Gasteiger partial charge in [0.05, 0.1) is 23.5 Å². The van der Waals surface area contributed by atoms with E-state index in [0.717, 1.165) is 13.0 Å². The lowest BCUT2D eigenvalue weighted by atomic mass is 9.93. The molecule has 0 aliphatic carbocycles. The fourth-order valence-corrected chi connectivity index (χ4v) is 2.70. The largest absolute Gasteiger partial charge is 0.332 e. The second kappa shape index (κ2) is 5.15. The predicted molar refractivity (Wildman–Crippen MR) is 76.3 cm³/mol. The summed E-state index contributed by atoms with van der Waals surface area (Å²) in [6.45, 7) is 1.42. The quantitative estimate of drug-likeness (QED) is 0.912. The Morgan fingerprint density at radius 3 is 2.74 bits per heavy atom. The average Bonchev–Trinajstić information content (AvgIpc) is 2.47. The third kappa shape index (κ3) is 2.29. The number of anilines is 1. The Kier molecular flexibility index (Phi) is 3.36. The van der Waals surface area contributed by atoms with Crippen molar-refractivity contribution in [2.75, 3.05) is 18.0 Å². The molecule has 1 aliphatic rings. The first-order valence-corrected chi connectivity index (χ1v) is 6.69. The molecule has 0 saturated heterocycles. The fourth-order valence-electron chi connectivity index (χ4n) is 2.60. The minimum atomic E-state index is 0.131. The van der Waals surface area contributed by atoms with E-state index in [1.54, 1.807) is 12.4 Å². The molecule has 1 atom stereocenters. The van der Waals surface area contributed by atoms with Crippen LogP contribution in [0, 0.1) is 0 Å². The molecule has 4 nitrogen and oxygen atoms in total. The molecule has 0 bridgehead atoms. The summed E-state index contributed by atoms with van der Waals surface area (Å²) >= 11 is 5.83. The first kappa shape index (κ1) is 12.4. The molecule has 0 fully saturated rings. The Labute approximate surface area is 117 Å². The van der Waals surface area contributed by atoms with Crippen LogP contribution in [0.2, 0.25) is 5.02 Å². The van der Waals surface area contributed by atoms with Gasteiger partial charge in [-0.1, -0.05) is 35.9 Å². The van der Waals surface area contributed by atoms with Gasteiger partial charge in [0.25, 0.3) is 0 Å². The Morgan fingerprint density at radius 1 is 1.26 bits per heavy atom. The molecular weight excluding hydrogens is 260 g/mol. The van der Waals surface area contributed by atoms with Gasteiger partial charge in [0.15, 0.2) is 0 Å². The SMILES string of the molecule is NCC1c2ccccc2CCN1c1ncc(Cl)cn1. The van der Waals surface area contributed by atoms with Crippen molar-refractivity contribution >= 4 is 17.5 Å². The Balaban J connectivity index is 1.98. The van der Waals surface area contributed by atoms with E-state index >= 15 is 0 Å². The lowest BCUT2D eigenvalue weighted by Crippen LogP contribution is -2.40. The molecule has 2 aromatic rings. The van der Waals surface area contributed by atoms with Crippen molar-refractivity contribution in [1.29, 1.82) is 0 Å². The normalized spacial score (nSPS) is 18.2. The predicted octanol–water partition coefficient (Wildman–Crippen LogP) is 2.19. The molecular formula is C14H15ClN4. The zero-order chi connectivity index (χ0) is 13.2. The summed E-state index contributed by atoms with van der Waals surface area (Å²) in [6.07, 6.45) is 4.23. The molecule has 1 aliphatic heterocycles. The van der Waals surface area contributed by atoms with Crippen molar-refractivity contribution < 1.29 is 0 Å². The average molecular weight is 275 g/mol. The second-order valence-electron chi connectivity index (χ2n) is 4.59. The molecule has 5 heteroatoms. The minimum absolute atomic E-state index is 0.131. The minimum Gasteiger partial charge on any atom is -0.332 e. The lowest BCUT2D eigenvalue weighted by molar-refractivity contribution is 0.577. The summed E-state index contributed by atoms with van der Waals surface area (Å²) < 4.78 is 0. The van der Waals surface area contributed by atoms with Crippen molar-refractivity contribution in [3.8, 4) is 0 Å². The summed E-state index contributed by atoms with van der Waals surface area (Å²) in [6, 6.07) is 8.55. The van der Waals surface area contributed by atoms with Crippen LogP contribution >= 0.6 is 11.6 Å². The van der Waals surface area contributed by atoms with Gasteiger partial charge in [-0.3, -0.25) is 0 Å². The highest BCUT2D eigenvalue weighted by Crippen LogP contribution is 2.31. The van der Waals surface area contributed by atoms with E-state index in [-0.39, 0.29) is 6.04 Å². The first-order valence-electron chi connectivity index (χ1n) is 6.31. The van der Waals surface area contributed by atoms with E-state index in [1.165, 1.54) is 11.1 Å². The zero-order valence-electron chi connectivity index (χ0n) is 10.5. The maximum atomic E-state index is 5.95. The van der Waals surface area contributed by atoms with Crippen LogP contribution in [0.15, 0.2) is 36.7 Å². The molecule has 0 saturated carbocycles. The molecule has 3 rings (SSSR count). The molecule has 0 spiro atoms. The standard InChI is InChI=1S/C14H15ClN4/c15-11-8-17-14(18-9-11)19-6-5-10-3-1-2-4-12(10)13(19)7-16/h1-4,8-9,13H,5-7,16H2. The number of nitrogens with zero attached hydrogens (tertiary/aromatic N) is 3. The van der Waals surface area contributed by atoms with Crippen LogP contribution in [0.25, 0.3) is 0 Å². The van der Waals surface area contributed by atoms with Crippen LogP contribution in [0.3, 0.4) is 0 Å². The smallest absolute Gasteiger partial charge is 0.225 e. The first-order chi connectivity index (χ1) is 9.29. The summed E-state index contributed by atoms with van der Waals surface area (Å²) in [7, 11) is 0. The number of fused-ring (bicyclic) bond motifs is 1. The molecule has 19 heavy (non-hydrogen) atoms. The monoisotopic (exact) mass is 274 g/mol. The number of hydrogen-bond donors (Lipinski definition) is 1. The number of halogens is 1. The lowest BCUT2D eigenvalue weighted by Gasteiger charge is -2.36. The molecule has 0 amide bonds. The topological polar surface area (TPSA) is 55.0 Å². The van der Waals surface area contributed by atoms with E-state index in [2.05, 4.69) is 33.1 Å². The zero-order valence-corrected chi connectivity index (χ0v) is 11.2. The van der Waals surface area contributed by atoms with E-state index in [9.17, 15) is 0 Å². The number of hydrogen-bond acceptors (Lipinski definition) is 4. The summed E-state index contributed by atoms with van der Waals surface area (Å²) in [5.74, 6) is 0.689. The highest BCUT2D eigenvalue weighted by Gasteiger charge is 2.27. The van der Waals surface area contributed by atoms with Crippen LogP contribution in [-0.2, 0) is 6.42 Å². The van der Waals surface area contributed by atoms with Crippen molar-refractivity contribution in [2.45, 2.75) is 12.5 Å². The number of rotatable bonds is 2. The third-order valence-electron chi connectivity index (χ3n) is 3.50. The molecule has 2 heterocycles. The third-order valence-corrected chi connectivity index (χ3v) is 3.69. The van der Waals surface area contributed by atoms with Gasteiger partial charge in [-0.05, 0) is 17.5 Å². The van der Waals surface area contributed by atoms with Crippen molar-refractivity contribution in [3.63, 3.8) is 0 Å². The van der Waals surface area contributed by atoms with Gasteiger partial charge in [-0.25, -0.2) is 9.97 Å². The van der Waals surface area contributed by atoms with E-state index in [0.29, 0.717) is 17.5 Å². The molecule has 1 aromatic carbocycles. The van der Waals surface area contributed by atoms with Crippen LogP contribution < -0.4 is 10.6 Å². The maximum absolute atomic E-state index is 5.95. The van der Waals surface area contributed by atoms with Gasteiger partial charge in [-0.15, -0.1) is 0 Å². The molecule has 1 aromatic heterocycles. The Morgan fingerprint density at radius 2 is 2.00 bits per heavy atom. The Bertz CT molecular complexity index is 570. The van der Waals surface area contributed by atoms with E-state index in [1.807, 2.05) is 6.07 Å². The summed E-state index contributed by atoms with van der Waals surface area (Å²) in [5.41, 5.74) is 8.59. The molecule has 2 N–H and O–H groups in total. The number of aromatic nitrogens is 2. The van der Waals surface area contributed by atoms with Gasteiger partial charge >= 0.3 is 0 Å². The van der Waals surface area contributed by atoms with E-state index < -0.39 is 0 Å². The van der Waals surface area contributed by atoms with Gasteiger partial charge in [0.1, 0.15) is 0 Å². The van der Waals surface area contributed by atoms with Gasteiger partial charge in [0.2, 0.25) is 5.95 Å². The maximum Gasteiger partial charge on any atom is 0.225 e. The van der Waals surface area contributed by atoms with Gasteiger partial charge in [0, 0.05) is 13.1 Å². The summed E-state index contributed by atoms with van der Waals surface area (Å²) in [4.78, 5) is 10.8. The Hall–Kier alpha value is -1.65. The van der Waals surface area contributed by atoms with Gasteiger partial charge in [-0.2, -0.15) is 0 Å². The van der Waals surface area contributed by atoms with E-state index in [4.69, 9.17) is 17.3 Å². The number of nitrogens with two attached hydrogens (primary N) is 1. The number of benzene rings is 1. The van der Waals surface area contributed by atoms with Crippen LogP contribution in [0.1, 0.15) is 17.2 Å². The highest BCUT2D eigenvalue weighted by molar-refractivity contribution is 6.30. The van der Waals surface area contributed by atoms with Crippen molar-refractivity contribution in [3.05, 3.63) is 52.8 Å². The van der Waals surface area contributed by atoms with Crippen molar-refractivity contribution in [2.24, 2.45) is 5.73 Å². The molecule has 98 valence electrons. The van der Waals surface area contributed by atoms with Gasteiger partial charge < -0.3 is 10.6 Å². The highest BCUT2D eigenvalue weighted by atomic mass is 35.5. The molecule has 0 radical (unpaired) electrons. The van der Waals surface area contributed by atoms with Crippen LogP contribution in [-0.4, -0.2) is 23.1 Å². The fraction of sp³-hybridized carbons (Fsp3) is 0.286. The van der Waals surface area contributed by atoms with Crippen LogP contribution in [0.5, 0.6) is 0 Å². The summed E-state index contributed by atoms with van der Waals surface area (Å²) in [5, 5.41) is 0.547. The second-order valence-corrected chi connectivity index (χ2v) is 5.03. The molecule has 1 unspecified atom stereocenters.